The number of hydrogen-bond donors (Lipinski definition) is 2. The van der Waals surface area contributed by atoms with Crippen LogP contribution in [0.3, 0.4) is 0 Å². The van der Waals surface area contributed by atoms with Gasteiger partial charge in [0, 0.05) is 5.75 Å². The Morgan fingerprint density at radius 3 is 2.43 bits per heavy atom. The minimum atomic E-state index is -0.244. The third kappa shape index (κ3) is 5.62. The molecule has 2 nitrogen and oxygen atoms in total. The molecule has 3 N–H and O–H groups in total. The molecular weight excluding hydrogens is 335 g/mol. The number of halogens is 3. The lowest BCUT2D eigenvalue weighted by Gasteiger charge is -2.00. The largest absolute Gasteiger partial charge is 0.379 e. The van der Waals surface area contributed by atoms with Crippen molar-refractivity contribution in [2.75, 3.05) is 0 Å². The Kier molecular flexibility index (Phi) is 9.65. The molecule has 0 aliphatic carbocycles. The molecule has 0 fully saturated rings. The molecule has 1 aromatic rings. The van der Waals surface area contributed by atoms with Crippen molar-refractivity contribution >= 4 is 50.9 Å². The molecule has 0 amide bonds. The first-order valence-electron chi connectivity index (χ1n) is 3.40. The predicted molar refractivity (Wildman–Crippen MR) is 70.3 cm³/mol. The Bertz CT molecular complexity index is 296. The van der Waals surface area contributed by atoms with Gasteiger partial charge in [-0.05, 0) is 11.6 Å². The molecule has 80 valence electrons. The standard InChI is InChI=1S/C8H9FN2S.2BrH/c9-7-4-2-1-3-6(7)5-12-8(10)11;;/h1-4H,5H2,(H3,10,11);2*1H. The molecular formula is C8H11Br2FN2S. The van der Waals surface area contributed by atoms with E-state index in [2.05, 4.69) is 0 Å². The fourth-order valence-corrected chi connectivity index (χ4v) is 1.32. The Hall–Kier alpha value is -0.0700. The lowest BCUT2D eigenvalue weighted by Crippen LogP contribution is -2.04. The Balaban J connectivity index is 0. The molecule has 0 heterocycles. The van der Waals surface area contributed by atoms with Crippen LogP contribution in [0, 0.1) is 11.2 Å². The molecule has 6 heteroatoms. The normalized spacial score (nSPS) is 8.36. The van der Waals surface area contributed by atoms with E-state index in [9.17, 15) is 4.39 Å². The Morgan fingerprint density at radius 2 is 1.93 bits per heavy atom. The lowest BCUT2D eigenvalue weighted by atomic mass is 10.2. The first-order valence-corrected chi connectivity index (χ1v) is 4.39. The van der Waals surface area contributed by atoms with E-state index >= 15 is 0 Å². The molecule has 0 aromatic heterocycles. The maximum Gasteiger partial charge on any atom is 0.151 e. The molecule has 0 unspecified atom stereocenters. The summed E-state index contributed by atoms with van der Waals surface area (Å²) in [5, 5.41) is 6.94. The summed E-state index contributed by atoms with van der Waals surface area (Å²) in [5.41, 5.74) is 5.70. The molecule has 0 saturated carbocycles. The summed E-state index contributed by atoms with van der Waals surface area (Å²) in [6.07, 6.45) is 0. The van der Waals surface area contributed by atoms with Gasteiger partial charge in [-0.3, -0.25) is 5.41 Å². The zero-order chi connectivity index (χ0) is 8.97. The van der Waals surface area contributed by atoms with Crippen LogP contribution >= 0.6 is 45.7 Å². The summed E-state index contributed by atoms with van der Waals surface area (Å²) < 4.78 is 12.9. The minimum absolute atomic E-state index is 0. The maximum absolute atomic E-state index is 12.9. The van der Waals surface area contributed by atoms with Crippen molar-refractivity contribution in [3.63, 3.8) is 0 Å². The summed E-state index contributed by atoms with van der Waals surface area (Å²) >= 11 is 1.12. The first-order chi connectivity index (χ1) is 5.70. The molecule has 0 spiro atoms. The zero-order valence-corrected chi connectivity index (χ0v) is 11.4. The van der Waals surface area contributed by atoms with Gasteiger partial charge >= 0.3 is 0 Å². The summed E-state index contributed by atoms with van der Waals surface area (Å²) in [4.78, 5) is 0. The van der Waals surface area contributed by atoms with Crippen molar-refractivity contribution in [1.29, 1.82) is 5.41 Å². The van der Waals surface area contributed by atoms with Crippen LogP contribution in [0.15, 0.2) is 24.3 Å². The van der Waals surface area contributed by atoms with Gasteiger partial charge < -0.3 is 5.73 Å². The van der Waals surface area contributed by atoms with Gasteiger partial charge in [0.05, 0.1) is 0 Å². The summed E-state index contributed by atoms with van der Waals surface area (Å²) in [5.74, 6) is 0.174. The minimum Gasteiger partial charge on any atom is -0.379 e. The maximum atomic E-state index is 12.9. The van der Waals surface area contributed by atoms with E-state index in [1.54, 1.807) is 18.2 Å². The van der Waals surface area contributed by atoms with Gasteiger partial charge in [0.15, 0.2) is 5.17 Å². The number of benzene rings is 1. The highest BCUT2D eigenvalue weighted by Crippen LogP contribution is 2.14. The van der Waals surface area contributed by atoms with Crippen molar-refractivity contribution in [3.05, 3.63) is 35.6 Å². The fourth-order valence-electron chi connectivity index (χ4n) is 0.771. The summed E-state index contributed by atoms with van der Waals surface area (Å²) in [6, 6.07) is 6.48. The van der Waals surface area contributed by atoms with E-state index in [1.807, 2.05) is 0 Å². The van der Waals surface area contributed by atoms with Crippen molar-refractivity contribution < 1.29 is 4.39 Å². The van der Waals surface area contributed by atoms with Crippen LogP contribution in [0.4, 0.5) is 4.39 Å². The molecule has 0 radical (unpaired) electrons. The van der Waals surface area contributed by atoms with Crippen LogP contribution in [0.25, 0.3) is 0 Å². The second kappa shape index (κ2) is 8.26. The predicted octanol–water partition coefficient (Wildman–Crippen LogP) is 3.11. The quantitative estimate of drug-likeness (QED) is 0.639. The molecule has 0 aliphatic rings. The van der Waals surface area contributed by atoms with Crippen LogP contribution in [0.2, 0.25) is 0 Å². The van der Waals surface area contributed by atoms with E-state index in [0.29, 0.717) is 11.3 Å². The van der Waals surface area contributed by atoms with Crippen LogP contribution in [0.5, 0.6) is 0 Å². The van der Waals surface area contributed by atoms with Gasteiger partial charge in [-0.2, -0.15) is 0 Å². The van der Waals surface area contributed by atoms with E-state index in [0.717, 1.165) is 11.8 Å². The SMILES string of the molecule is Br.Br.N=C(N)SCc1ccccc1F. The molecule has 0 bridgehead atoms. The van der Waals surface area contributed by atoms with Gasteiger partial charge in [0.25, 0.3) is 0 Å². The number of thioether (sulfide) groups is 1. The van der Waals surface area contributed by atoms with E-state index in [-0.39, 0.29) is 44.9 Å². The average Bonchev–Trinajstić information content (AvgIpc) is 2.03. The van der Waals surface area contributed by atoms with Crippen LogP contribution in [-0.2, 0) is 5.75 Å². The third-order valence-corrected chi connectivity index (χ3v) is 2.11. The molecule has 0 saturated heterocycles. The number of amidine groups is 1. The first kappa shape index (κ1) is 16.4. The van der Waals surface area contributed by atoms with Crippen molar-refractivity contribution in [3.8, 4) is 0 Å². The van der Waals surface area contributed by atoms with Crippen molar-refractivity contribution in [1.82, 2.24) is 0 Å². The highest BCUT2D eigenvalue weighted by Gasteiger charge is 2.00. The molecule has 14 heavy (non-hydrogen) atoms. The summed E-state index contributed by atoms with van der Waals surface area (Å²) in [6.45, 7) is 0. The highest BCUT2D eigenvalue weighted by molar-refractivity contribution is 8.93. The molecule has 0 atom stereocenters. The van der Waals surface area contributed by atoms with Gasteiger partial charge in [-0.15, -0.1) is 34.0 Å². The van der Waals surface area contributed by atoms with Crippen LogP contribution in [0.1, 0.15) is 5.56 Å². The monoisotopic (exact) mass is 344 g/mol. The Morgan fingerprint density at radius 1 is 1.36 bits per heavy atom. The second-order valence-corrected chi connectivity index (χ2v) is 3.26. The highest BCUT2D eigenvalue weighted by atomic mass is 79.9. The van der Waals surface area contributed by atoms with E-state index in [4.69, 9.17) is 11.1 Å². The lowest BCUT2D eigenvalue weighted by molar-refractivity contribution is 0.617. The topological polar surface area (TPSA) is 49.9 Å². The molecule has 1 rings (SSSR count). The number of nitrogens with one attached hydrogen (secondary N) is 1. The second-order valence-electron chi connectivity index (χ2n) is 2.24. The van der Waals surface area contributed by atoms with Crippen molar-refractivity contribution in [2.45, 2.75) is 5.75 Å². The number of rotatable bonds is 2. The zero-order valence-electron chi connectivity index (χ0n) is 7.20. The Labute approximate surface area is 108 Å². The smallest absolute Gasteiger partial charge is 0.151 e. The number of hydrogen-bond acceptors (Lipinski definition) is 2. The summed E-state index contributed by atoms with van der Waals surface area (Å²) in [7, 11) is 0. The van der Waals surface area contributed by atoms with Gasteiger partial charge in [-0.25, -0.2) is 4.39 Å². The van der Waals surface area contributed by atoms with Gasteiger partial charge in [-0.1, -0.05) is 30.0 Å². The van der Waals surface area contributed by atoms with E-state index < -0.39 is 0 Å². The number of nitrogens with two attached hydrogens (primary N) is 1. The van der Waals surface area contributed by atoms with Gasteiger partial charge in [0.1, 0.15) is 5.82 Å². The average molecular weight is 346 g/mol. The fraction of sp³-hybridized carbons (Fsp3) is 0.125. The third-order valence-electron chi connectivity index (χ3n) is 1.34. The molecule has 0 aliphatic heterocycles. The van der Waals surface area contributed by atoms with Crippen LogP contribution in [-0.4, -0.2) is 5.17 Å². The van der Waals surface area contributed by atoms with E-state index in [1.165, 1.54) is 6.07 Å². The van der Waals surface area contributed by atoms with Crippen LogP contribution < -0.4 is 5.73 Å². The molecule has 1 aromatic carbocycles. The van der Waals surface area contributed by atoms with Crippen molar-refractivity contribution in [2.24, 2.45) is 5.73 Å². The van der Waals surface area contributed by atoms with Gasteiger partial charge in [0.2, 0.25) is 0 Å².